The summed E-state index contributed by atoms with van der Waals surface area (Å²) in [4.78, 5) is 72.1. The number of ether oxygens (including phenoxy) is 4. The van der Waals surface area contributed by atoms with Gasteiger partial charge in [0.15, 0.2) is 12.2 Å². The molecule has 3 unspecified atom stereocenters. The molecule has 0 rings (SSSR count). The minimum atomic E-state index is -4.95. The van der Waals surface area contributed by atoms with Gasteiger partial charge in [-0.05, 0) is 43.4 Å². The summed E-state index contributed by atoms with van der Waals surface area (Å²) < 4.78 is 67.9. The number of unbranched alkanes of at least 4 members (excludes halogenated alkanes) is 31. The predicted octanol–water partition coefficient (Wildman–Crippen LogP) is 18.3. The molecule has 504 valence electrons. The summed E-state index contributed by atoms with van der Waals surface area (Å²) in [7, 11) is -9.88. The van der Waals surface area contributed by atoms with Crippen LogP contribution in [0.3, 0.4) is 0 Å². The Balaban J connectivity index is 5.17. The molecule has 0 saturated carbocycles. The molecule has 0 amide bonds. The molecule has 0 radical (unpaired) electrons. The van der Waals surface area contributed by atoms with Gasteiger partial charge < -0.3 is 33.8 Å². The fraction of sp³-hybridized carbons (Fsp3) is 0.939. The molecular formula is C66H128O17P2. The zero-order valence-electron chi connectivity index (χ0n) is 55.1. The van der Waals surface area contributed by atoms with Crippen LogP contribution in [0.1, 0.15) is 325 Å². The maximum atomic E-state index is 13.0. The van der Waals surface area contributed by atoms with Crippen LogP contribution in [-0.4, -0.2) is 96.7 Å². The van der Waals surface area contributed by atoms with Crippen molar-refractivity contribution < 1.29 is 80.2 Å². The molecule has 6 atom stereocenters. The monoisotopic (exact) mass is 1250 g/mol. The molecule has 0 saturated heterocycles. The normalized spacial score (nSPS) is 14.6. The number of hydrogen-bond acceptors (Lipinski definition) is 15. The fourth-order valence-corrected chi connectivity index (χ4v) is 11.4. The number of phosphoric acid groups is 2. The number of carbonyl (C=O) groups is 4. The van der Waals surface area contributed by atoms with Crippen LogP contribution in [-0.2, 0) is 65.4 Å². The quantitative estimate of drug-likeness (QED) is 0.0222. The number of phosphoric ester groups is 2. The van der Waals surface area contributed by atoms with Crippen molar-refractivity contribution in [2.24, 2.45) is 17.8 Å². The molecule has 0 aromatic rings. The Labute approximate surface area is 517 Å². The number of carbonyl (C=O) groups excluding carboxylic acids is 4. The first kappa shape index (κ1) is 83.1. The van der Waals surface area contributed by atoms with Gasteiger partial charge >= 0.3 is 39.5 Å². The second kappa shape index (κ2) is 57.2. The van der Waals surface area contributed by atoms with E-state index < -0.39 is 97.5 Å². The molecule has 0 fully saturated rings. The van der Waals surface area contributed by atoms with Crippen molar-refractivity contribution in [3.8, 4) is 0 Å². The molecule has 3 N–H and O–H groups in total. The predicted molar refractivity (Wildman–Crippen MR) is 340 cm³/mol. The van der Waals surface area contributed by atoms with Crippen LogP contribution in [0.2, 0.25) is 0 Å². The van der Waals surface area contributed by atoms with E-state index in [4.69, 9.17) is 37.0 Å². The highest BCUT2D eigenvalue weighted by atomic mass is 31.2. The van der Waals surface area contributed by atoms with Crippen LogP contribution in [0.15, 0.2) is 0 Å². The summed E-state index contributed by atoms with van der Waals surface area (Å²) in [6.45, 7) is 11.7. The maximum Gasteiger partial charge on any atom is 0.472 e. The lowest BCUT2D eigenvalue weighted by Gasteiger charge is -2.21. The maximum absolute atomic E-state index is 13.0. The number of aliphatic hydroxyl groups excluding tert-OH is 1. The number of hydrogen-bond donors (Lipinski definition) is 3. The van der Waals surface area contributed by atoms with Crippen LogP contribution >= 0.6 is 15.6 Å². The van der Waals surface area contributed by atoms with Gasteiger partial charge in [-0.2, -0.15) is 0 Å². The second-order valence-corrected chi connectivity index (χ2v) is 28.0. The number of rotatable bonds is 64. The van der Waals surface area contributed by atoms with Crippen LogP contribution < -0.4 is 0 Å². The lowest BCUT2D eigenvalue weighted by Crippen LogP contribution is -2.30. The summed E-state index contributed by atoms with van der Waals surface area (Å²) in [5, 5.41) is 10.5. The third-order valence-electron chi connectivity index (χ3n) is 15.5. The smallest absolute Gasteiger partial charge is 0.462 e. The van der Waals surface area contributed by atoms with E-state index in [-0.39, 0.29) is 25.7 Å². The summed E-state index contributed by atoms with van der Waals surface area (Å²) in [5.74, 6) is 0.147. The third-order valence-corrected chi connectivity index (χ3v) is 17.4. The summed E-state index contributed by atoms with van der Waals surface area (Å²) >= 11 is 0. The zero-order valence-corrected chi connectivity index (χ0v) is 56.9. The van der Waals surface area contributed by atoms with E-state index in [1.165, 1.54) is 128 Å². The van der Waals surface area contributed by atoms with E-state index >= 15 is 0 Å². The van der Waals surface area contributed by atoms with Gasteiger partial charge in [0.05, 0.1) is 26.4 Å². The van der Waals surface area contributed by atoms with Crippen molar-refractivity contribution in [3.05, 3.63) is 0 Å². The summed E-state index contributed by atoms with van der Waals surface area (Å²) in [6, 6.07) is 0. The molecule has 0 aromatic heterocycles. The molecule has 0 bridgehead atoms. The first-order valence-electron chi connectivity index (χ1n) is 34.4. The Morgan fingerprint density at radius 1 is 0.341 bits per heavy atom. The van der Waals surface area contributed by atoms with Gasteiger partial charge in [0, 0.05) is 25.7 Å². The largest absolute Gasteiger partial charge is 0.472 e. The first-order chi connectivity index (χ1) is 40.8. The van der Waals surface area contributed by atoms with E-state index in [2.05, 4.69) is 48.5 Å². The first-order valence-corrected chi connectivity index (χ1v) is 37.4. The van der Waals surface area contributed by atoms with Crippen molar-refractivity contribution >= 4 is 39.5 Å². The molecular weight excluding hydrogens is 1130 g/mol. The Morgan fingerprint density at radius 3 is 0.894 bits per heavy atom. The van der Waals surface area contributed by atoms with Crippen LogP contribution in [0.4, 0.5) is 0 Å². The van der Waals surface area contributed by atoms with Crippen LogP contribution in [0.5, 0.6) is 0 Å². The van der Waals surface area contributed by atoms with E-state index in [9.17, 15) is 43.2 Å². The molecule has 0 aliphatic heterocycles. The van der Waals surface area contributed by atoms with Gasteiger partial charge in [0.2, 0.25) is 0 Å². The van der Waals surface area contributed by atoms with Crippen molar-refractivity contribution in [1.29, 1.82) is 0 Å². The Hall–Kier alpha value is -1.94. The minimum Gasteiger partial charge on any atom is -0.462 e. The van der Waals surface area contributed by atoms with E-state index in [1.54, 1.807) is 0 Å². The molecule has 85 heavy (non-hydrogen) atoms. The topological polar surface area (TPSA) is 237 Å². The van der Waals surface area contributed by atoms with Crippen molar-refractivity contribution in [2.75, 3.05) is 39.6 Å². The van der Waals surface area contributed by atoms with Gasteiger partial charge in [0.25, 0.3) is 0 Å². The van der Waals surface area contributed by atoms with Gasteiger partial charge in [-0.15, -0.1) is 0 Å². The van der Waals surface area contributed by atoms with Gasteiger partial charge in [-0.3, -0.25) is 37.3 Å². The lowest BCUT2D eigenvalue weighted by atomic mass is 9.99. The molecule has 0 aliphatic carbocycles. The highest BCUT2D eigenvalue weighted by molar-refractivity contribution is 7.47. The third kappa shape index (κ3) is 59.5. The van der Waals surface area contributed by atoms with Gasteiger partial charge in [0.1, 0.15) is 19.3 Å². The van der Waals surface area contributed by atoms with Gasteiger partial charge in [-0.25, -0.2) is 9.13 Å². The fourth-order valence-electron chi connectivity index (χ4n) is 9.80. The standard InChI is InChI=1S/C66H128O17P2/c1-8-10-11-30-40-47-63(68)76-53-61(82-66(71)50-43-36-29-22-20-25-32-38-45-58(5)6)55-80-84(72,73)78-51-60(67)52-79-85(74,75)81-56-62(54-77-64(69)48-41-34-27-23-21-26-33-39-46-59(7)9-2)83-65(70)49-42-35-28-19-17-15-13-12-14-16-18-24-31-37-44-57(3)4/h57-62,67H,8-56H2,1-7H3,(H,72,73)(H,74,75)/t59?,60-,61+,62+/m0/s1. The van der Waals surface area contributed by atoms with Crippen LogP contribution in [0, 0.1) is 17.8 Å². The lowest BCUT2D eigenvalue weighted by molar-refractivity contribution is -0.161. The average molecular weight is 1260 g/mol. The Kier molecular flexibility index (Phi) is 55.9. The highest BCUT2D eigenvalue weighted by Crippen LogP contribution is 2.45. The molecule has 0 heterocycles. The van der Waals surface area contributed by atoms with Crippen molar-refractivity contribution in [1.82, 2.24) is 0 Å². The summed E-state index contributed by atoms with van der Waals surface area (Å²) in [5.41, 5.74) is 0. The number of aliphatic hydroxyl groups is 1. The number of esters is 4. The molecule has 17 nitrogen and oxygen atoms in total. The summed E-state index contributed by atoms with van der Waals surface area (Å²) in [6.07, 6.45) is 39.3. The Bertz CT molecular complexity index is 1680. The van der Waals surface area contributed by atoms with E-state index in [1.807, 2.05) is 0 Å². The van der Waals surface area contributed by atoms with Gasteiger partial charge in [-0.1, -0.05) is 273 Å². The molecule has 0 aliphatic rings. The van der Waals surface area contributed by atoms with E-state index in [0.29, 0.717) is 25.7 Å². The Morgan fingerprint density at radius 2 is 0.600 bits per heavy atom. The van der Waals surface area contributed by atoms with Crippen molar-refractivity contribution in [3.63, 3.8) is 0 Å². The highest BCUT2D eigenvalue weighted by Gasteiger charge is 2.30. The molecule has 19 heteroatoms. The van der Waals surface area contributed by atoms with Crippen molar-refractivity contribution in [2.45, 2.75) is 343 Å². The SMILES string of the molecule is CCCCCCCC(=O)OC[C@H](COP(=O)(O)OC[C@H](O)COP(=O)(O)OC[C@@H](COC(=O)CCCCCCCCCCC(C)CC)OC(=O)CCCCCCCCCCCCCCCCC(C)C)OC(=O)CCCCCCCCCCC(C)C. The minimum absolute atomic E-state index is 0.103. The van der Waals surface area contributed by atoms with Crippen LogP contribution in [0.25, 0.3) is 0 Å². The molecule has 0 spiro atoms. The average Bonchev–Trinajstić information content (AvgIpc) is 3.53. The molecule has 0 aromatic carbocycles. The second-order valence-electron chi connectivity index (χ2n) is 25.1. The van der Waals surface area contributed by atoms with E-state index in [0.717, 1.165) is 114 Å². The zero-order chi connectivity index (χ0) is 63.1.